The van der Waals surface area contributed by atoms with Gasteiger partial charge in [0.1, 0.15) is 0 Å². The molecular formula is C18H25N3O. The van der Waals surface area contributed by atoms with Crippen molar-refractivity contribution in [3.63, 3.8) is 0 Å². The fourth-order valence-electron chi connectivity index (χ4n) is 2.98. The molecule has 118 valence electrons. The van der Waals surface area contributed by atoms with Crippen LogP contribution in [0.5, 0.6) is 0 Å². The third kappa shape index (κ3) is 3.06. The maximum Gasteiger partial charge on any atom is 0.251 e. The Morgan fingerprint density at radius 2 is 2.14 bits per heavy atom. The summed E-state index contributed by atoms with van der Waals surface area (Å²) in [4.78, 5) is 16.2. The van der Waals surface area contributed by atoms with Crippen molar-refractivity contribution in [3.05, 3.63) is 41.5 Å². The SMILES string of the molecule is CCc1c(-c2cccnc2)c(C(N)=O)c(C)n1CCC(C)C. The first-order valence-electron chi connectivity index (χ1n) is 7.89. The zero-order valence-corrected chi connectivity index (χ0v) is 13.9. The van der Waals surface area contributed by atoms with Crippen LogP contribution < -0.4 is 5.73 Å². The smallest absolute Gasteiger partial charge is 0.251 e. The first kappa shape index (κ1) is 16.3. The Balaban J connectivity index is 2.65. The minimum atomic E-state index is -0.366. The summed E-state index contributed by atoms with van der Waals surface area (Å²) in [7, 11) is 0. The van der Waals surface area contributed by atoms with Crippen LogP contribution in [0.1, 0.15) is 48.9 Å². The van der Waals surface area contributed by atoms with Crippen LogP contribution in [0.2, 0.25) is 0 Å². The maximum atomic E-state index is 12.0. The maximum absolute atomic E-state index is 12.0. The molecule has 2 rings (SSSR count). The summed E-state index contributed by atoms with van der Waals surface area (Å²) in [5, 5.41) is 0. The summed E-state index contributed by atoms with van der Waals surface area (Å²) in [6.45, 7) is 9.43. The van der Waals surface area contributed by atoms with E-state index >= 15 is 0 Å². The number of amides is 1. The predicted octanol–water partition coefficient (Wildman–Crippen LogP) is 3.57. The number of aromatic nitrogens is 2. The molecule has 2 aromatic rings. The van der Waals surface area contributed by atoms with Crippen LogP contribution in [0, 0.1) is 12.8 Å². The molecule has 0 aromatic carbocycles. The van der Waals surface area contributed by atoms with E-state index in [1.54, 1.807) is 12.4 Å². The molecule has 0 atom stereocenters. The number of hydrogen-bond donors (Lipinski definition) is 1. The number of pyridine rings is 1. The third-order valence-corrected chi connectivity index (χ3v) is 4.09. The zero-order chi connectivity index (χ0) is 16.3. The van der Waals surface area contributed by atoms with Gasteiger partial charge in [-0.25, -0.2) is 0 Å². The number of primary amides is 1. The molecule has 0 saturated carbocycles. The topological polar surface area (TPSA) is 60.9 Å². The molecule has 2 N–H and O–H groups in total. The Labute approximate surface area is 132 Å². The Hall–Kier alpha value is -2.10. The second-order valence-corrected chi connectivity index (χ2v) is 6.08. The van der Waals surface area contributed by atoms with Gasteiger partial charge in [-0.3, -0.25) is 9.78 Å². The fraction of sp³-hybridized carbons (Fsp3) is 0.444. The molecule has 0 spiro atoms. The highest BCUT2D eigenvalue weighted by atomic mass is 16.1. The van der Waals surface area contributed by atoms with Gasteiger partial charge in [0.05, 0.1) is 5.56 Å². The monoisotopic (exact) mass is 299 g/mol. The zero-order valence-electron chi connectivity index (χ0n) is 13.9. The predicted molar refractivity (Wildman–Crippen MR) is 89.8 cm³/mol. The van der Waals surface area contributed by atoms with Gasteiger partial charge >= 0.3 is 0 Å². The van der Waals surface area contributed by atoms with Gasteiger partial charge < -0.3 is 10.3 Å². The van der Waals surface area contributed by atoms with Crippen LogP contribution in [-0.4, -0.2) is 15.5 Å². The first-order chi connectivity index (χ1) is 10.5. The van der Waals surface area contributed by atoms with Crippen molar-refractivity contribution < 1.29 is 4.79 Å². The third-order valence-electron chi connectivity index (χ3n) is 4.09. The standard InChI is InChI=1S/C18H25N3O/c1-5-15-17(14-7-6-9-20-11-14)16(18(19)22)13(4)21(15)10-8-12(2)3/h6-7,9,11-12H,5,8,10H2,1-4H3,(H2,19,22). The van der Waals surface area contributed by atoms with E-state index in [-0.39, 0.29) is 5.91 Å². The molecule has 22 heavy (non-hydrogen) atoms. The van der Waals surface area contributed by atoms with Crippen LogP contribution in [0.3, 0.4) is 0 Å². The summed E-state index contributed by atoms with van der Waals surface area (Å²) in [6.07, 6.45) is 5.47. The van der Waals surface area contributed by atoms with Gasteiger partial charge in [0.15, 0.2) is 0 Å². The van der Waals surface area contributed by atoms with Crippen molar-refractivity contribution in [2.24, 2.45) is 11.7 Å². The lowest BCUT2D eigenvalue weighted by atomic mass is 10.0. The number of carbonyl (C=O) groups is 1. The van der Waals surface area contributed by atoms with Gasteiger partial charge in [-0.05, 0) is 31.7 Å². The van der Waals surface area contributed by atoms with Gasteiger partial charge in [-0.1, -0.05) is 26.8 Å². The molecule has 0 saturated heterocycles. The second-order valence-electron chi connectivity index (χ2n) is 6.08. The minimum Gasteiger partial charge on any atom is -0.366 e. The number of nitrogens with zero attached hydrogens (tertiary/aromatic N) is 2. The Bertz CT molecular complexity index is 657. The molecule has 0 radical (unpaired) electrons. The molecule has 0 unspecified atom stereocenters. The molecule has 0 aliphatic heterocycles. The molecule has 0 bridgehead atoms. The highest BCUT2D eigenvalue weighted by Gasteiger charge is 2.23. The highest BCUT2D eigenvalue weighted by Crippen LogP contribution is 2.33. The van der Waals surface area contributed by atoms with E-state index in [0.29, 0.717) is 11.5 Å². The largest absolute Gasteiger partial charge is 0.366 e. The number of carbonyl (C=O) groups excluding carboxylic acids is 1. The summed E-state index contributed by atoms with van der Waals surface area (Å²) >= 11 is 0. The van der Waals surface area contributed by atoms with Gasteiger partial charge in [-0.2, -0.15) is 0 Å². The lowest BCUT2D eigenvalue weighted by Gasteiger charge is -2.13. The van der Waals surface area contributed by atoms with Gasteiger partial charge in [-0.15, -0.1) is 0 Å². The van der Waals surface area contributed by atoms with Crippen molar-refractivity contribution >= 4 is 5.91 Å². The molecule has 1 amide bonds. The average molecular weight is 299 g/mol. The molecular weight excluding hydrogens is 274 g/mol. The fourth-order valence-corrected chi connectivity index (χ4v) is 2.98. The lowest BCUT2D eigenvalue weighted by Crippen LogP contribution is -2.13. The van der Waals surface area contributed by atoms with Crippen molar-refractivity contribution in [2.45, 2.75) is 47.1 Å². The van der Waals surface area contributed by atoms with Crippen LogP contribution in [0.4, 0.5) is 0 Å². The molecule has 0 fully saturated rings. The quantitative estimate of drug-likeness (QED) is 0.886. The highest BCUT2D eigenvalue weighted by molar-refractivity contribution is 6.02. The van der Waals surface area contributed by atoms with Crippen molar-refractivity contribution in [3.8, 4) is 11.1 Å². The number of rotatable bonds is 6. The molecule has 0 aliphatic carbocycles. The van der Waals surface area contributed by atoms with Gasteiger partial charge in [0, 0.05) is 41.5 Å². The molecule has 4 nitrogen and oxygen atoms in total. The van der Waals surface area contributed by atoms with Gasteiger partial charge in [0.25, 0.3) is 5.91 Å². The average Bonchev–Trinajstić information content (AvgIpc) is 2.78. The number of hydrogen-bond acceptors (Lipinski definition) is 2. The van der Waals surface area contributed by atoms with Crippen LogP contribution in [0.25, 0.3) is 11.1 Å². The van der Waals surface area contributed by atoms with E-state index in [2.05, 4.69) is 30.3 Å². The van der Waals surface area contributed by atoms with E-state index in [4.69, 9.17) is 5.73 Å². The van der Waals surface area contributed by atoms with E-state index in [1.165, 1.54) is 5.69 Å². The minimum absolute atomic E-state index is 0.366. The molecule has 2 heterocycles. The van der Waals surface area contributed by atoms with Crippen molar-refractivity contribution in [2.75, 3.05) is 0 Å². The normalized spacial score (nSPS) is 11.1. The van der Waals surface area contributed by atoms with E-state index in [9.17, 15) is 4.79 Å². The van der Waals surface area contributed by atoms with Crippen LogP contribution >= 0.6 is 0 Å². The van der Waals surface area contributed by atoms with Crippen LogP contribution in [0.15, 0.2) is 24.5 Å². The lowest BCUT2D eigenvalue weighted by molar-refractivity contribution is 0.1000. The number of nitrogens with two attached hydrogens (primary N) is 1. The summed E-state index contributed by atoms with van der Waals surface area (Å²) < 4.78 is 2.25. The van der Waals surface area contributed by atoms with Crippen molar-refractivity contribution in [1.82, 2.24) is 9.55 Å². The Morgan fingerprint density at radius 3 is 2.64 bits per heavy atom. The van der Waals surface area contributed by atoms with Crippen molar-refractivity contribution in [1.29, 1.82) is 0 Å². The Morgan fingerprint density at radius 1 is 1.41 bits per heavy atom. The summed E-state index contributed by atoms with van der Waals surface area (Å²) in [6, 6.07) is 3.88. The molecule has 2 aromatic heterocycles. The summed E-state index contributed by atoms with van der Waals surface area (Å²) in [5.41, 5.74) is 10.3. The van der Waals surface area contributed by atoms with Crippen LogP contribution in [-0.2, 0) is 13.0 Å². The van der Waals surface area contributed by atoms with Gasteiger partial charge in [0.2, 0.25) is 0 Å². The second kappa shape index (κ2) is 6.77. The molecule has 0 aliphatic rings. The first-order valence-corrected chi connectivity index (χ1v) is 7.89. The molecule has 4 heteroatoms. The van der Waals surface area contributed by atoms with E-state index in [0.717, 1.165) is 36.2 Å². The van der Waals surface area contributed by atoms with E-state index in [1.807, 2.05) is 19.1 Å². The Kier molecular flexibility index (Phi) is 5.01. The summed E-state index contributed by atoms with van der Waals surface area (Å²) in [5.74, 6) is 0.250. The van der Waals surface area contributed by atoms with E-state index < -0.39 is 0 Å².